The molecule has 0 bridgehead atoms. The summed E-state index contributed by atoms with van der Waals surface area (Å²) in [4.78, 5) is 19.7. The topological polar surface area (TPSA) is 366 Å². The van der Waals surface area contributed by atoms with Gasteiger partial charge >= 0.3 is 124 Å². The van der Waals surface area contributed by atoms with E-state index in [9.17, 15) is 66.2 Å². The third-order valence-corrected chi connectivity index (χ3v) is 12.6. The van der Waals surface area contributed by atoms with Crippen molar-refractivity contribution in [2.24, 2.45) is 10.2 Å². The number of halogens is 1. The van der Waals surface area contributed by atoms with E-state index in [1.165, 1.54) is 66.7 Å². The van der Waals surface area contributed by atoms with E-state index >= 15 is 0 Å². The Morgan fingerprint density at radius 1 is 0.603 bits per heavy atom. The van der Waals surface area contributed by atoms with E-state index < -0.39 is 118 Å². The number of carbonyl (C=O) groups excluding carboxylic acids is 1. The number of amides is 1. The second-order valence-electron chi connectivity index (χ2n) is 13.1. The van der Waals surface area contributed by atoms with Gasteiger partial charge in [0.2, 0.25) is 11.9 Å². The second kappa shape index (κ2) is 23.4. The minimum Gasteiger partial charge on any atom is -0.744 e. The van der Waals surface area contributed by atoms with E-state index in [0.717, 1.165) is 18.2 Å². The molecule has 0 unspecified atom stereocenters. The Kier molecular flexibility index (Phi) is 20.4. The number of fused-ring (bicyclic) bond motifs is 2. The van der Waals surface area contributed by atoms with Crippen LogP contribution in [-0.4, -0.2) is 77.8 Å². The predicted molar refractivity (Wildman–Crippen MR) is 217 cm³/mol. The quantitative estimate of drug-likeness (QED) is 0.0473. The van der Waals surface area contributed by atoms with Crippen molar-refractivity contribution >= 4 is 103 Å². The molecular formula is C37H23FN8Na4O14S4. The molecule has 0 aliphatic carbocycles. The Balaban J connectivity index is 0.00000306. The zero-order chi connectivity index (χ0) is 46.4. The second-order valence-corrected chi connectivity index (χ2v) is 18.5. The molecule has 22 nitrogen and oxygen atoms in total. The van der Waals surface area contributed by atoms with Crippen LogP contribution in [0, 0.1) is 6.08 Å². The number of nitrogens with zero attached hydrogens (tertiary/aromatic N) is 5. The summed E-state index contributed by atoms with van der Waals surface area (Å²) in [6.45, 7) is -0.301. The Bertz CT molecular complexity index is 3590. The minimum absolute atomic E-state index is 0. The van der Waals surface area contributed by atoms with Crippen LogP contribution in [0.15, 0.2) is 133 Å². The van der Waals surface area contributed by atoms with Crippen molar-refractivity contribution < 1.29 is 184 Å². The SMILES string of the molecule is O=C(Nc1ccc(S(=O)(=O)[O-])c2cc(S(=O)(=O)[O-])c(N=Nc3ccc4c(CNc5nc(F)nc(Nc6ccccc6S(=O)(=O)[O-])n5)cccc4c3S(=O)(=O)[O-])c(O)c12)c1ccccc1.[Na+].[Na+].[Na+].[Na+]. The van der Waals surface area contributed by atoms with Gasteiger partial charge in [0.1, 0.15) is 51.8 Å². The van der Waals surface area contributed by atoms with Crippen molar-refractivity contribution in [3.05, 3.63) is 120 Å². The fourth-order valence-electron chi connectivity index (χ4n) is 6.38. The molecule has 330 valence electrons. The van der Waals surface area contributed by atoms with Crippen molar-refractivity contribution in [1.29, 1.82) is 0 Å². The van der Waals surface area contributed by atoms with Gasteiger partial charge in [0, 0.05) is 22.9 Å². The van der Waals surface area contributed by atoms with E-state index in [1.54, 1.807) is 6.07 Å². The van der Waals surface area contributed by atoms with E-state index in [1.807, 2.05) is 0 Å². The van der Waals surface area contributed by atoms with Crippen molar-refractivity contribution in [2.75, 3.05) is 16.0 Å². The van der Waals surface area contributed by atoms with Gasteiger partial charge in [-0.05, 0) is 59.5 Å². The maximum absolute atomic E-state index is 14.5. The molecule has 68 heavy (non-hydrogen) atoms. The minimum atomic E-state index is -5.74. The van der Waals surface area contributed by atoms with Gasteiger partial charge in [0.25, 0.3) is 5.91 Å². The number of aromatic nitrogens is 3. The van der Waals surface area contributed by atoms with Gasteiger partial charge in [-0.15, -0.1) is 10.2 Å². The number of phenolic OH excluding ortho intramolecular Hbond substituents is 1. The Morgan fingerprint density at radius 3 is 1.85 bits per heavy atom. The van der Waals surface area contributed by atoms with E-state index in [2.05, 4.69) is 41.1 Å². The molecule has 0 saturated carbocycles. The molecular weight excluding hydrogens is 1020 g/mol. The van der Waals surface area contributed by atoms with Crippen LogP contribution in [0.3, 0.4) is 0 Å². The summed E-state index contributed by atoms with van der Waals surface area (Å²) in [5, 5.41) is 24.6. The number of carbonyl (C=O) groups is 1. The van der Waals surface area contributed by atoms with E-state index in [0.29, 0.717) is 12.1 Å². The van der Waals surface area contributed by atoms with Crippen LogP contribution >= 0.6 is 0 Å². The van der Waals surface area contributed by atoms with Crippen LogP contribution in [0.1, 0.15) is 15.9 Å². The van der Waals surface area contributed by atoms with Crippen LogP contribution in [0.25, 0.3) is 21.5 Å². The van der Waals surface area contributed by atoms with Crippen LogP contribution in [0.4, 0.5) is 39.0 Å². The van der Waals surface area contributed by atoms with E-state index in [4.69, 9.17) is 0 Å². The molecule has 0 spiro atoms. The number of anilines is 4. The maximum Gasteiger partial charge on any atom is 1.00 e. The van der Waals surface area contributed by atoms with Gasteiger partial charge in [0.15, 0.2) is 5.75 Å². The molecule has 7 rings (SSSR count). The number of para-hydroxylation sites is 1. The molecule has 0 aliphatic heterocycles. The summed E-state index contributed by atoms with van der Waals surface area (Å²) in [5.74, 6) is -3.08. The van der Waals surface area contributed by atoms with Crippen LogP contribution in [-0.2, 0) is 47.0 Å². The fourth-order valence-corrected chi connectivity index (χ4v) is 9.13. The fraction of sp³-hybridized carbons (Fsp3) is 0.0270. The van der Waals surface area contributed by atoms with Gasteiger partial charge < -0.3 is 39.3 Å². The summed E-state index contributed by atoms with van der Waals surface area (Å²) in [6.07, 6.45) is -1.34. The maximum atomic E-state index is 14.5. The average molecular weight is 1040 g/mol. The summed E-state index contributed by atoms with van der Waals surface area (Å²) < 4.78 is 162. The largest absolute Gasteiger partial charge is 1.00 e. The van der Waals surface area contributed by atoms with E-state index in [-0.39, 0.29) is 152 Å². The molecule has 1 heterocycles. The Labute approximate surface area is 474 Å². The monoisotopic (exact) mass is 1040 g/mol. The first-order valence-corrected chi connectivity index (χ1v) is 23.1. The zero-order valence-corrected chi connectivity index (χ0v) is 46.8. The summed E-state index contributed by atoms with van der Waals surface area (Å²) >= 11 is 0. The number of nitrogens with one attached hydrogen (secondary N) is 3. The van der Waals surface area contributed by atoms with Crippen molar-refractivity contribution in [1.82, 2.24) is 15.0 Å². The molecule has 0 fully saturated rings. The molecule has 1 amide bonds. The third-order valence-electron chi connectivity index (χ3n) is 9.04. The number of rotatable bonds is 13. The normalized spacial score (nSPS) is 11.7. The third kappa shape index (κ3) is 13.4. The molecule has 6 aromatic carbocycles. The van der Waals surface area contributed by atoms with Crippen LogP contribution < -0.4 is 134 Å². The summed E-state index contributed by atoms with van der Waals surface area (Å²) in [5.41, 5.74) is -2.34. The molecule has 0 radical (unpaired) electrons. The van der Waals surface area contributed by atoms with Gasteiger partial charge in [0.05, 0.1) is 36.3 Å². The molecule has 0 atom stereocenters. The standard InChI is InChI=1S/C37H27FN8O14S4.4Na/c38-35-42-36(44-37(43-35)41-24-11-4-5-12-28(24)62(52,53)54)39-18-20-9-6-10-22-21(20)13-14-26(33(22)64(58,59)60)45-46-31-29(63(55,56)57)17-23-27(61(49,50)51)16-15-25(30(23)32(31)47)40-34(48)19-7-2-1-3-8-19;;;;/h1-17,47H,18H2,(H,40,48)(H,49,50,51)(H,52,53,54)(H,55,56,57)(H,58,59,60)(H2,39,41,42,43,44);;;;/q;4*+1/p-4. The number of azo groups is 1. The molecule has 7 aromatic rings. The van der Waals surface area contributed by atoms with Crippen LogP contribution in [0.5, 0.6) is 5.75 Å². The predicted octanol–water partition coefficient (Wildman–Crippen LogP) is -7.32. The summed E-state index contributed by atoms with van der Waals surface area (Å²) in [6, 6.07) is 20.4. The molecule has 0 aliphatic rings. The van der Waals surface area contributed by atoms with Gasteiger partial charge in [-0.3, -0.25) is 4.79 Å². The van der Waals surface area contributed by atoms with Crippen molar-refractivity contribution in [2.45, 2.75) is 26.1 Å². The van der Waals surface area contributed by atoms with Crippen molar-refractivity contribution in [3.8, 4) is 5.75 Å². The Hall–Kier alpha value is -3.11. The van der Waals surface area contributed by atoms with Crippen LogP contribution in [0.2, 0.25) is 0 Å². The molecule has 4 N–H and O–H groups in total. The smallest absolute Gasteiger partial charge is 0.744 e. The van der Waals surface area contributed by atoms with Gasteiger partial charge in [-0.25, -0.2) is 33.7 Å². The number of benzene rings is 6. The number of aromatic hydroxyl groups is 1. The molecule has 1 aromatic heterocycles. The first kappa shape index (κ1) is 59.2. The number of hydrogen-bond acceptors (Lipinski definition) is 21. The summed E-state index contributed by atoms with van der Waals surface area (Å²) in [7, 11) is -21.7. The van der Waals surface area contributed by atoms with Gasteiger partial charge in [-0.2, -0.15) is 19.3 Å². The molecule has 31 heteroatoms. The first-order valence-electron chi connectivity index (χ1n) is 17.5. The number of phenols is 1. The van der Waals surface area contributed by atoms with Crippen molar-refractivity contribution in [3.63, 3.8) is 0 Å². The first-order chi connectivity index (χ1) is 30.0. The van der Waals surface area contributed by atoms with Gasteiger partial charge in [-0.1, -0.05) is 54.6 Å². The molecule has 0 saturated heterocycles. The zero-order valence-electron chi connectivity index (χ0n) is 35.5. The Morgan fingerprint density at radius 2 is 1.22 bits per heavy atom. The number of hydrogen-bond donors (Lipinski definition) is 4. The average Bonchev–Trinajstić information content (AvgIpc) is 3.20.